The van der Waals surface area contributed by atoms with Crippen LogP contribution in [0.1, 0.15) is 17.5 Å². The van der Waals surface area contributed by atoms with E-state index in [2.05, 4.69) is 0 Å². The molecule has 2 rings (SSSR count). The third-order valence-electron chi connectivity index (χ3n) is 3.41. The Bertz CT molecular complexity index is 697. The molecule has 3 nitrogen and oxygen atoms in total. The van der Waals surface area contributed by atoms with Crippen LogP contribution in [0.3, 0.4) is 0 Å². The van der Waals surface area contributed by atoms with Crippen molar-refractivity contribution in [2.45, 2.75) is 30.5 Å². The number of carboxylic acid groups (broad SMARTS) is 1. The summed E-state index contributed by atoms with van der Waals surface area (Å²) >= 11 is 1.50. The van der Waals surface area contributed by atoms with E-state index in [9.17, 15) is 23.1 Å². The Kier molecular flexibility index (Phi) is 6.36. The van der Waals surface area contributed by atoms with Gasteiger partial charge in [0, 0.05) is 17.1 Å². The van der Waals surface area contributed by atoms with Gasteiger partial charge in [-0.15, -0.1) is 11.8 Å². The van der Waals surface area contributed by atoms with Crippen LogP contribution in [-0.4, -0.2) is 22.9 Å². The zero-order valence-electron chi connectivity index (χ0n) is 13.4. The predicted octanol–water partition coefficient (Wildman–Crippen LogP) is 5.03. The van der Waals surface area contributed by atoms with Crippen LogP contribution in [0, 0.1) is 6.92 Å². The average Bonchev–Trinajstić information content (AvgIpc) is 2.55. The second-order valence-electron chi connectivity index (χ2n) is 5.42. The molecule has 0 unspecified atom stereocenters. The van der Waals surface area contributed by atoms with Crippen LogP contribution in [0.5, 0.6) is 5.75 Å². The van der Waals surface area contributed by atoms with Crippen molar-refractivity contribution in [3.8, 4) is 5.75 Å². The fraction of sp³-hybridized carbons (Fsp3) is 0.278. The van der Waals surface area contributed by atoms with Crippen molar-refractivity contribution in [1.82, 2.24) is 0 Å². The minimum atomic E-state index is -4.44. The fourth-order valence-corrected chi connectivity index (χ4v) is 2.93. The highest BCUT2D eigenvalue weighted by molar-refractivity contribution is 7.99. The van der Waals surface area contributed by atoms with E-state index in [-0.39, 0.29) is 12.2 Å². The van der Waals surface area contributed by atoms with Crippen LogP contribution in [0.4, 0.5) is 13.2 Å². The molecule has 1 N–H and O–H groups in total. The Balaban J connectivity index is 1.92. The lowest BCUT2D eigenvalue weighted by Gasteiger charge is -2.15. The lowest BCUT2D eigenvalue weighted by molar-refractivity contribution is -0.145. The summed E-state index contributed by atoms with van der Waals surface area (Å²) in [6, 6.07) is 11.8. The molecule has 0 aromatic heterocycles. The van der Waals surface area contributed by atoms with Crippen LogP contribution in [0.2, 0.25) is 0 Å². The highest BCUT2D eigenvalue weighted by Gasteiger charge is 2.30. The van der Waals surface area contributed by atoms with Gasteiger partial charge in [0.15, 0.2) is 6.10 Å². The molecule has 2 aromatic rings. The lowest BCUT2D eigenvalue weighted by Crippen LogP contribution is -2.27. The standard InChI is InChI=1S/C18H17F3O3S/c1-12-2-8-15(9-3-12)25-11-10-16(17(22)23)24-14-6-4-13(5-7-14)18(19,20)21/h2-9,16H,10-11H2,1H3,(H,22,23)/t16-/m1/s1. The highest BCUT2D eigenvalue weighted by atomic mass is 32.2. The van der Waals surface area contributed by atoms with Crippen molar-refractivity contribution < 1.29 is 27.8 Å². The lowest BCUT2D eigenvalue weighted by atomic mass is 10.2. The van der Waals surface area contributed by atoms with E-state index in [4.69, 9.17) is 4.74 Å². The molecule has 7 heteroatoms. The van der Waals surface area contributed by atoms with Gasteiger partial charge >= 0.3 is 12.1 Å². The zero-order chi connectivity index (χ0) is 18.4. The molecule has 0 radical (unpaired) electrons. The molecule has 0 spiro atoms. The van der Waals surface area contributed by atoms with Crippen molar-refractivity contribution >= 4 is 17.7 Å². The Morgan fingerprint density at radius 2 is 1.72 bits per heavy atom. The molecule has 0 fully saturated rings. The Morgan fingerprint density at radius 3 is 2.24 bits per heavy atom. The number of hydrogen-bond acceptors (Lipinski definition) is 3. The summed E-state index contributed by atoms with van der Waals surface area (Å²) < 4.78 is 42.9. The van der Waals surface area contributed by atoms with E-state index in [1.165, 1.54) is 11.8 Å². The normalized spacial score (nSPS) is 12.6. The van der Waals surface area contributed by atoms with Gasteiger partial charge in [-0.3, -0.25) is 0 Å². The molecular weight excluding hydrogens is 353 g/mol. The van der Waals surface area contributed by atoms with Crippen molar-refractivity contribution in [3.63, 3.8) is 0 Å². The summed E-state index contributed by atoms with van der Waals surface area (Å²) in [5.74, 6) is -0.536. The molecule has 0 aliphatic heterocycles. The summed E-state index contributed by atoms with van der Waals surface area (Å²) in [5.41, 5.74) is 0.333. The molecule has 0 bridgehead atoms. The number of aryl methyl sites for hydroxylation is 1. The number of benzene rings is 2. The summed E-state index contributed by atoms with van der Waals surface area (Å²) in [7, 11) is 0. The van der Waals surface area contributed by atoms with E-state index < -0.39 is 23.8 Å². The van der Waals surface area contributed by atoms with Crippen LogP contribution in [0.15, 0.2) is 53.4 Å². The van der Waals surface area contributed by atoms with Crippen LogP contribution >= 0.6 is 11.8 Å². The van der Waals surface area contributed by atoms with Gasteiger partial charge in [0.2, 0.25) is 0 Å². The van der Waals surface area contributed by atoms with Gasteiger partial charge < -0.3 is 9.84 Å². The van der Waals surface area contributed by atoms with Gasteiger partial charge in [-0.2, -0.15) is 13.2 Å². The highest BCUT2D eigenvalue weighted by Crippen LogP contribution is 2.30. The molecule has 0 saturated heterocycles. The first-order chi connectivity index (χ1) is 11.8. The molecule has 0 aliphatic carbocycles. The maximum absolute atomic E-state index is 12.5. The van der Waals surface area contributed by atoms with Gasteiger partial charge in [0.1, 0.15) is 5.75 Å². The summed E-state index contributed by atoms with van der Waals surface area (Å²) in [6.45, 7) is 1.98. The second-order valence-corrected chi connectivity index (χ2v) is 6.59. The van der Waals surface area contributed by atoms with E-state index in [0.29, 0.717) is 5.75 Å². The van der Waals surface area contributed by atoms with Crippen LogP contribution < -0.4 is 4.74 Å². The van der Waals surface area contributed by atoms with Crippen molar-refractivity contribution in [2.75, 3.05) is 5.75 Å². The first-order valence-corrected chi connectivity index (χ1v) is 8.50. The third-order valence-corrected chi connectivity index (χ3v) is 4.45. The molecule has 0 saturated carbocycles. The Labute approximate surface area is 147 Å². The zero-order valence-corrected chi connectivity index (χ0v) is 14.2. The maximum Gasteiger partial charge on any atom is 0.416 e. The summed E-state index contributed by atoms with van der Waals surface area (Å²) in [6.07, 6.45) is -5.32. The predicted molar refractivity (Wildman–Crippen MR) is 90.0 cm³/mol. The Morgan fingerprint density at radius 1 is 1.12 bits per heavy atom. The van der Waals surface area contributed by atoms with Gasteiger partial charge in [-0.05, 0) is 43.3 Å². The Hall–Kier alpha value is -2.15. The molecule has 25 heavy (non-hydrogen) atoms. The van der Waals surface area contributed by atoms with Gasteiger partial charge in [-0.25, -0.2) is 4.79 Å². The van der Waals surface area contributed by atoms with Crippen LogP contribution in [0.25, 0.3) is 0 Å². The largest absolute Gasteiger partial charge is 0.479 e. The van der Waals surface area contributed by atoms with E-state index >= 15 is 0 Å². The third kappa shape index (κ3) is 6.01. The number of rotatable bonds is 7. The first-order valence-electron chi connectivity index (χ1n) is 7.52. The summed E-state index contributed by atoms with van der Waals surface area (Å²) in [5, 5.41) is 9.24. The molecule has 0 heterocycles. The minimum absolute atomic E-state index is 0.0979. The van der Waals surface area contributed by atoms with E-state index in [1.807, 2.05) is 31.2 Å². The minimum Gasteiger partial charge on any atom is -0.479 e. The number of aliphatic carboxylic acids is 1. The van der Waals surface area contributed by atoms with E-state index in [0.717, 1.165) is 34.7 Å². The molecule has 0 amide bonds. The first kappa shape index (κ1) is 19.2. The number of carboxylic acids is 1. The molecule has 134 valence electrons. The SMILES string of the molecule is Cc1ccc(SCC[C@@H](Oc2ccc(C(F)(F)F)cc2)C(=O)O)cc1. The smallest absolute Gasteiger partial charge is 0.416 e. The monoisotopic (exact) mass is 370 g/mol. The quantitative estimate of drug-likeness (QED) is 0.695. The van der Waals surface area contributed by atoms with Crippen LogP contribution in [-0.2, 0) is 11.0 Å². The van der Waals surface area contributed by atoms with Gasteiger partial charge in [0.25, 0.3) is 0 Å². The fourth-order valence-electron chi connectivity index (χ4n) is 2.04. The molecule has 2 aromatic carbocycles. The number of halogens is 3. The number of hydrogen-bond donors (Lipinski definition) is 1. The average molecular weight is 370 g/mol. The second kappa shape index (κ2) is 8.29. The topological polar surface area (TPSA) is 46.5 Å². The van der Waals surface area contributed by atoms with Crippen molar-refractivity contribution in [3.05, 3.63) is 59.7 Å². The number of thioether (sulfide) groups is 1. The van der Waals surface area contributed by atoms with Crippen molar-refractivity contribution in [2.24, 2.45) is 0 Å². The molecule has 1 atom stereocenters. The van der Waals surface area contributed by atoms with Gasteiger partial charge in [-0.1, -0.05) is 17.7 Å². The van der Waals surface area contributed by atoms with Crippen molar-refractivity contribution in [1.29, 1.82) is 0 Å². The summed E-state index contributed by atoms with van der Waals surface area (Å²) in [4.78, 5) is 12.3. The van der Waals surface area contributed by atoms with Gasteiger partial charge in [0.05, 0.1) is 5.56 Å². The number of carbonyl (C=O) groups is 1. The number of ether oxygens (including phenoxy) is 1. The van der Waals surface area contributed by atoms with E-state index in [1.54, 1.807) is 0 Å². The maximum atomic E-state index is 12.5. The number of alkyl halides is 3. The molecular formula is C18H17F3O3S. The molecule has 0 aliphatic rings.